The average molecular weight is 269 g/mol. The molecule has 0 radical (unpaired) electrons. The third-order valence-electron chi connectivity index (χ3n) is 1.73. The van der Waals surface area contributed by atoms with Gasteiger partial charge in [-0.2, -0.15) is 0 Å². The summed E-state index contributed by atoms with van der Waals surface area (Å²) >= 11 is 0. The van der Waals surface area contributed by atoms with Gasteiger partial charge in [0.2, 0.25) is 10.5 Å². The number of rotatable bonds is 3. The Morgan fingerprint density at radius 1 is 1.47 bits per heavy atom. The number of alkyl halides is 2. The lowest BCUT2D eigenvalue weighted by molar-refractivity contribution is -0.391. The largest absolute Gasteiger partial charge is 0.358 e. The zero-order chi connectivity index (χ0) is 13.4. The Balaban J connectivity index is 3.71. The fraction of sp³-hybridized carbons (Fsp3) is 0.167. The second kappa shape index (κ2) is 4.18. The van der Waals surface area contributed by atoms with Gasteiger partial charge in [-0.25, -0.2) is 27.3 Å². The monoisotopic (exact) mass is 269 g/mol. The van der Waals surface area contributed by atoms with Crippen molar-refractivity contribution < 1.29 is 22.1 Å². The Labute approximate surface area is 92.3 Å². The first-order chi connectivity index (χ1) is 7.64. The second-order valence-electron chi connectivity index (χ2n) is 2.86. The van der Waals surface area contributed by atoms with E-state index in [4.69, 9.17) is 0 Å². The first-order valence-electron chi connectivity index (χ1n) is 3.87. The van der Waals surface area contributed by atoms with E-state index in [0.29, 0.717) is 0 Å². The summed E-state index contributed by atoms with van der Waals surface area (Å²) in [5.74, 6) is -1.39. The van der Waals surface area contributed by atoms with Crippen LogP contribution in [0.5, 0.6) is 0 Å². The molecule has 11 heteroatoms. The van der Waals surface area contributed by atoms with Crippen LogP contribution in [0.25, 0.3) is 0 Å². The SMILES string of the molecule is NS(=O)(=O)c1cc(=O)c(C(F)F)c([N+](=O)[O-])[nH]1. The minimum Gasteiger partial charge on any atom is -0.358 e. The molecule has 0 amide bonds. The molecule has 1 rings (SSSR count). The maximum atomic E-state index is 12.4. The van der Waals surface area contributed by atoms with E-state index in [-0.39, 0.29) is 6.07 Å². The van der Waals surface area contributed by atoms with Crippen molar-refractivity contribution in [3.63, 3.8) is 0 Å². The highest BCUT2D eigenvalue weighted by Gasteiger charge is 2.28. The van der Waals surface area contributed by atoms with Crippen LogP contribution in [0.1, 0.15) is 12.0 Å². The summed E-state index contributed by atoms with van der Waals surface area (Å²) in [6.45, 7) is 0. The van der Waals surface area contributed by atoms with Gasteiger partial charge >= 0.3 is 5.82 Å². The fourth-order valence-electron chi connectivity index (χ4n) is 1.04. The van der Waals surface area contributed by atoms with E-state index < -0.39 is 43.2 Å². The molecule has 0 aliphatic heterocycles. The first-order valence-corrected chi connectivity index (χ1v) is 5.41. The first kappa shape index (κ1) is 13.2. The smallest absolute Gasteiger partial charge is 0.334 e. The number of primary sulfonamides is 1. The molecule has 0 atom stereocenters. The molecule has 0 aromatic carbocycles. The van der Waals surface area contributed by atoms with Crippen molar-refractivity contribution in [2.75, 3.05) is 0 Å². The van der Waals surface area contributed by atoms with E-state index in [1.807, 2.05) is 0 Å². The predicted molar refractivity (Wildman–Crippen MR) is 50.0 cm³/mol. The van der Waals surface area contributed by atoms with Gasteiger partial charge in [0, 0.05) is 6.07 Å². The number of nitro groups is 1. The van der Waals surface area contributed by atoms with Crippen LogP contribution < -0.4 is 10.6 Å². The van der Waals surface area contributed by atoms with Gasteiger partial charge in [-0.1, -0.05) is 0 Å². The van der Waals surface area contributed by atoms with Crippen LogP contribution in [-0.2, 0) is 10.0 Å². The van der Waals surface area contributed by atoms with Crippen molar-refractivity contribution in [1.82, 2.24) is 4.98 Å². The van der Waals surface area contributed by atoms with Crippen LogP contribution in [0.4, 0.5) is 14.6 Å². The van der Waals surface area contributed by atoms with Gasteiger partial charge in [-0.3, -0.25) is 4.79 Å². The summed E-state index contributed by atoms with van der Waals surface area (Å²) in [6.07, 6.45) is -3.41. The lowest BCUT2D eigenvalue weighted by atomic mass is 10.2. The molecule has 17 heavy (non-hydrogen) atoms. The molecule has 1 aromatic heterocycles. The molecular formula is C6H5F2N3O5S. The average Bonchev–Trinajstić information content (AvgIpc) is 2.13. The number of aromatic amines is 1. The Kier molecular flexibility index (Phi) is 3.24. The Hall–Kier alpha value is -1.88. The van der Waals surface area contributed by atoms with Crippen molar-refractivity contribution in [3.8, 4) is 0 Å². The van der Waals surface area contributed by atoms with Crippen molar-refractivity contribution >= 4 is 15.8 Å². The Morgan fingerprint density at radius 2 is 2.00 bits per heavy atom. The molecule has 0 saturated carbocycles. The molecule has 0 bridgehead atoms. The van der Waals surface area contributed by atoms with Crippen molar-refractivity contribution in [2.24, 2.45) is 5.14 Å². The summed E-state index contributed by atoms with van der Waals surface area (Å²) in [5.41, 5.74) is -2.89. The van der Waals surface area contributed by atoms with Gasteiger partial charge in [-0.05, 0) is 4.92 Å². The molecule has 0 fully saturated rings. The number of nitrogens with two attached hydrogens (primary N) is 1. The number of halogens is 2. The lowest BCUT2D eigenvalue weighted by Gasteiger charge is -2.03. The summed E-state index contributed by atoms with van der Waals surface area (Å²) < 4.78 is 46.4. The molecule has 1 aromatic rings. The van der Waals surface area contributed by atoms with Gasteiger partial charge in [0.15, 0.2) is 5.56 Å². The molecule has 0 unspecified atom stereocenters. The van der Waals surface area contributed by atoms with Crippen LogP contribution in [0.15, 0.2) is 15.9 Å². The maximum Gasteiger partial charge on any atom is 0.334 e. The van der Waals surface area contributed by atoms with Crippen LogP contribution in [-0.4, -0.2) is 18.3 Å². The minimum atomic E-state index is -4.43. The fourth-order valence-corrected chi connectivity index (χ4v) is 1.55. The zero-order valence-corrected chi connectivity index (χ0v) is 8.70. The van der Waals surface area contributed by atoms with Crippen molar-refractivity contribution in [3.05, 3.63) is 32.0 Å². The quantitative estimate of drug-likeness (QED) is 0.581. The molecular weight excluding hydrogens is 264 g/mol. The number of aromatic nitrogens is 1. The van der Waals surface area contributed by atoms with Crippen molar-refractivity contribution in [2.45, 2.75) is 11.5 Å². The third-order valence-corrected chi connectivity index (χ3v) is 2.56. The van der Waals surface area contributed by atoms with E-state index in [9.17, 15) is 32.1 Å². The van der Waals surface area contributed by atoms with E-state index >= 15 is 0 Å². The maximum absolute atomic E-state index is 12.4. The molecule has 1 heterocycles. The predicted octanol–water partition coefficient (Wildman–Crippen LogP) is -0.132. The number of H-pyrrole nitrogens is 1. The standard InChI is InChI=1S/C6H5F2N3O5S/c7-5(8)4-2(12)1-3(17(9,15)16)10-6(4)11(13)14/h1,5H,(H,10,12)(H2,9,15,16). The van der Waals surface area contributed by atoms with Crippen molar-refractivity contribution in [1.29, 1.82) is 0 Å². The van der Waals surface area contributed by atoms with Crippen LogP contribution in [0, 0.1) is 10.1 Å². The highest BCUT2D eigenvalue weighted by molar-refractivity contribution is 7.89. The molecule has 0 aliphatic carbocycles. The van der Waals surface area contributed by atoms with E-state index in [1.54, 1.807) is 4.98 Å². The summed E-state index contributed by atoms with van der Waals surface area (Å²) in [6, 6.07) is 0.268. The zero-order valence-electron chi connectivity index (χ0n) is 7.88. The Bertz CT molecular complexity index is 623. The molecule has 94 valence electrons. The number of pyridine rings is 1. The number of nitrogens with one attached hydrogen (secondary N) is 1. The van der Waals surface area contributed by atoms with Gasteiger partial charge in [-0.15, -0.1) is 0 Å². The van der Waals surface area contributed by atoms with Gasteiger partial charge in [0.05, 0.1) is 0 Å². The topological polar surface area (TPSA) is 136 Å². The lowest BCUT2D eigenvalue weighted by Crippen LogP contribution is -2.21. The van der Waals surface area contributed by atoms with E-state index in [0.717, 1.165) is 0 Å². The van der Waals surface area contributed by atoms with E-state index in [2.05, 4.69) is 5.14 Å². The molecule has 8 nitrogen and oxygen atoms in total. The summed E-state index contributed by atoms with van der Waals surface area (Å²) in [5, 5.41) is 14.0. The summed E-state index contributed by atoms with van der Waals surface area (Å²) in [4.78, 5) is 21.8. The number of hydrogen-bond acceptors (Lipinski definition) is 5. The van der Waals surface area contributed by atoms with Gasteiger partial charge in [0.25, 0.3) is 16.4 Å². The molecule has 0 saturated heterocycles. The molecule has 0 spiro atoms. The van der Waals surface area contributed by atoms with Crippen LogP contribution >= 0.6 is 0 Å². The van der Waals surface area contributed by atoms with Gasteiger partial charge < -0.3 is 10.1 Å². The number of hydrogen-bond donors (Lipinski definition) is 2. The third kappa shape index (κ3) is 2.62. The molecule has 3 N–H and O–H groups in total. The normalized spacial score (nSPS) is 11.8. The van der Waals surface area contributed by atoms with Gasteiger partial charge in [0.1, 0.15) is 0 Å². The Morgan fingerprint density at radius 3 is 2.35 bits per heavy atom. The van der Waals surface area contributed by atoms with Crippen LogP contribution in [0.2, 0.25) is 0 Å². The molecule has 0 aliphatic rings. The van der Waals surface area contributed by atoms with E-state index in [1.165, 1.54) is 0 Å². The highest BCUT2D eigenvalue weighted by atomic mass is 32.2. The number of nitrogens with zero attached hydrogens (tertiary/aromatic N) is 1. The minimum absolute atomic E-state index is 0.268. The second-order valence-corrected chi connectivity index (χ2v) is 4.39. The highest BCUT2D eigenvalue weighted by Crippen LogP contribution is 2.24. The number of sulfonamides is 1. The summed E-state index contributed by atoms with van der Waals surface area (Å²) in [7, 11) is -4.43. The van der Waals surface area contributed by atoms with Crippen LogP contribution in [0.3, 0.4) is 0 Å².